The van der Waals surface area contributed by atoms with E-state index in [4.69, 9.17) is 9.57 Å². The van der Waals surface area contributed by atoms with E-state index in [1.807, 2.05) is 6.92 Å². The molecule has 2 fully saturated rings. The van der Waals surface area contributed by atoms with E-state index in [1.54, 1.807) is 0 Å². The third-order valence-electron chi connectivity index (χ3n) is 6.81. The Morgan fingerprint density at radius 2 is 1.91 bits per heavy atom. The Balaban J connectivity index is 1.56. The first-order valence-electron chi connectivity index (χ1n) is 11.5. The van der Waals surface area contributed by atoms with Crippen LogP contribution in [0.2, 0.25) is 0 Å². The predicted octanol–water partition coefficient (Wildman–Crippen LogP) is 3.17. The summed E-state index contributed by atoms with van der Waals surface area (Å²) in [7, 11) is 4.12. The molecule has 0 spiro atoms. The average Bonchev–Trinajstić information content (AvgIpc) is 3.02. The number of nitrogens with zero attached hydrogens (tertiary/aromatic N) is 3. The molecule has 7 heteroatoms. The first-order chi connectivity index (χ1) is 15.5. The van der Waals surface area contributed by atoms with Crippen molar-refractivity contribution in [3.05, 3.63) is 42.0 Å². The van der Waals surface area contributed by atoms with Crippen molar-refractivity contribution in [3.8, 4) is 0 Å². The van der Waals surface area contributed by atoms with Crippen LogP contribution < -0.4 is 10.2 Å². The van der Waals surface area contributed by atoms with Gasteiger partial charge in [0.05, 0.1) is 24.5 Å². The number of hydrogen-bond donors (Lipinski definition) is 1. The van der Waals surface area contributed by atoms with Crippen LogP contribution in [0.4, 0.5) is 5.69 Å². The molecular formula is C25H34N4O3. The number of carbonyl (C=O) groups excluding carboxylic acids is 1. The van der Waals surface area contributed by atoms with Crippen LogP contribution in [-0.4, -0.2) is 69.0 Å². The van der Waals surface area contributed by atoms with E-state index in [0.717, 1.165) is 37.2 Å². The summed E-state index contributed by atoms with van der Waals surface area (Å²) in [6.07, 6.45) is 2.08. The fourth-order valence-corrected chi connectivity index (χ4v) is 4.99. The topological polar surface area (TPSA) is 66.4 Å². The molecule has 0 bridgehead atoms. The Bertz CT molecular complexity index is 984. The van der Waals surface area contributed by atoms with Crippen LogP contribution in [0.3, 0.4) is 0 Å². The Kier molecular flexibility index (Phi) is 6.96. The largest absolute Gasteiger partial charge is 0.391 e. The molecule has 7 nitrogen and oxygen atoms in total. The molecule has 1 atom stereocenters. The Morgan fingerprint density at radius 1 is 1.16 bits per heavy atom. The van der Waals surface area contributed by atoms with E-state index in [9.17, 15) is 4.79 Å². The summed E-state index contributed by atoms with van der Waals surface area (Å²) < 4.78 is 5.58. The molecule has 32 heavy (non-hydrogen) atoms. The van der Waals surface area contributed by atoms with Gasteiger partial charge in [-0.05, 0) is 36.8 Å². The van der Waals surface area contributed by atoms with Gasteiger partial charge in [0.2, 0.25) is 5.91 Å². The zero-order valence-corrected chi connectivity index (χ0v) is 19.4. The van der Waals surface area contributed by atoms with E-state index in [-0.39, 0.29) is 11.4 Å². The SMILES string of the molecule is CC(=NOCc1ccc(N(C)C)c2ccccc12)C1(N2CCOCC2)CCNC(=O)CC1. The number of amides is 1. The molecule has 2 aliphatic rings. The van der Waals surface area contributed by atoms with Crippen LogP contribution in [0.5, 0.6) is 0 Å². The van der Waals surface area contributed by atoms with Gasteiger partial charge in [0.15, 0.2) is 0 Å². The Hall–Kier alpha value is -2.64. The lowest BCUT2D eigenvalue weighted by molar-refractivity contribution is -0.120. The summed E-state index contributed by atoms with van der Waals surface area (Å²) >= 11 is 0. The molecule has 172 valence electrons. The molecule has 4 rings (SSSR count). The zero-order valence-electron chi connectivity index (χ0n) is 19.4. The van der Waals surface area contributed by atoms with Crippen LogP contribution in [0.25, 0.3) is 10.8 Å². The van der Waals surface area contributed by atoms with Crippen molar-refractivity contribution >= 4 is 28.1 Å². The second-order valence-corrected chi connectivity index (χ2v) is 8.86. The number of carbonyl (C=O) groups is 1. The molecule has 0 radical (unpaired) electrons. The fraction of sp³-hybridized carbons (Fsp3) is 0.520. The molecule has 2 aliphatic heterocycles. The lowest BCUT2D eigenvalue weighted by Crippen LogP contribution is -2.58. The number of morpholine rings is 1. The number of oxime groups is 1. The van der Waals surface area contributed by atoms with Crippen molar-refractivity contribution in [1.82, 2.24) is 10.2 Å². The van der Waals surface area contributed by atoms with Gasteiger partial charge in [0.1, 0.15) is 6.61 Å². The highest BCUT2D eigenvalue weighted by Crippen LogP contribution is 2.31. The Morgan fingerprint density at radius 3 is 2.66 bits per heavy atom. The highest BCUT2D eigenvalue weighted by Gasteiger charge is 2.42. The van der Waals surface area contributed by atoms with E-state index in [2.05, 4.69) is 70.8 Å². The molecule has 1 N–H and O–H groups in total. The van der Waals surface area contributed by atoms with Gasteiger partial charge < -0.3 is 19.8 Å². The summed E-state index contributed by atoms with van der Waals surface area (Å²) in [6, 6.07) is 12.7. The molecule has 2 saturated heterocycles. The van der Waals surface area contributed by atoms with E-state index in [1.165, 1.54) is 16.5 Å². The maximum Gasteiger partial charge on any atom is 0.220 e. The Labute approximate surface area is 190 Å². The van der Waals surface area contributed by atoms with Gasteiger partial charge in [-0.1, -0.05) is 35.5 Å². The van der Waals surface area contributed by atoms with Gasteiger partial charge in [-0.3, -0.25) is 9.69 Å². The number of anilines is 1. The van der Waals surface area contributed by atoms with Crippen LogP contribution in [-0.2, 0) is 21.0 Å². The number of fused-ring (bicyclic) bond motifs is 1. The molecule has 0 saturated carbocycles. The van der Waals surface area contributed by atoms with E-state index < -0.39 is 0 Å². The minimum Gasteiger partial charge on any atom is -0.391 e. The number of benzene rings is 2. The number of nitrogens with one attached hydrogen (secondary N) is 1. The molecular weight excluding hydrogens is 404 g/mol. The quantitative estimate of drug-likeness (QED) is 0.554. The van der Waals surface area contributed by atoms with Gasteiger partial charge in [-0.15, -0.1) is 0 Å². The van der Waals surface area contributed by atoms with Gasteiger partial charge in [0.25, 0.3) is 0 Å². The van der Waals surface area contributed by atoms with Crippen molar-refractivity contribution in [1.29, 1.82) is 0 Å². The van der Waals surface area contributed by atoms with E-state index in [0.29, 0.717) is 32.8 Å². The van der Waals surface area contributed by atoms with Crippen molar-refractivity contribution in [2.45, 2.75) is 38.3 Å². The van der Waals surface area contributed by atoms with E-state index >= 15 is 0 Å². The second kappa shape index (κ2) is 9.88. The molecule has 0 aliphatic carbocycles. The first-order valence-corrected chi connectivity index (χ1v) is 11.5. The highest BCUT2D eigenvalue weighted by molar-refractivity contribution is 5.96. The number of hydrogen-bond acceptors (Lipinski definition) is 6. The minimum absolute atomic E-state index is 0.112. The minimum atomic E-state index is -0.278. The summed E-state index contributed by atoms with van der Waals surface area (Å²) in [4.78, 5) is 22.5. The van der Waals surface area contributed by atoms with Crippen molar-refractivity contribution in [2.24, 2.45) is 5.16 Å². The summed E-state index contributed by atoms with van der Waals surface area (Å²) in [5.74, 6) is 0.112. The van der Waals surface area contributed by atoms with Gasteiger partial charge >= 0.3 is 0 Å². The second-order valence-electron chi connectivity index (χ2n) is 8.86. The molecule has 1 unspecified atom stereocenters. The molecule has 2 aromatic rings. The molecule has 0 aromatic heterocycles. The van der Waals surface area contributed by atoms with Crippen molar-refractivity contribution < 1.29 is 14.4 Å². The van der Waals surface area contributed by atoms with Crippen LogP contribution in [0.15, 0.2) is 41.6 Å². The summed E-state index contributed by atoms with van der Waals surface area (Å²) in [5.41, 5.74) is 2.96. The molecule has 2 heterocycles. The smallest absolute Gasteiger partial charge is 0.220 e. The van der Waals surface area contributed by atoms with Crippen LogP contribution in [0, 0.1) is 0 Å². The van der Waals surface area contributed by atoms with Gasteiger partial charge in [0, 0.05) is 51.2 Å². The predicted molar refractivity (Wildman–Crippen MR) is 128 cm³/mol. The molecule has 2 aromatic carbocycles. The maximum absolute atomic E-state index is 12.0. The standard InChI is InChI=1S/C25H34N4O3/c1-19(25(29-14-16-31-17-15-29)11-10-24(30)26-13-12-25)27-32-18-20-8-9-23(28(2)3)22-7-5-4-6-21(20)22/h4-9H,10-18H2,1-3H3,(H,26,30). The lowest BCUT2D eigenvalue weighted by atomic mass is 9.83. The maximum atomic E-state index is 12.0. The zero-order chi connectivity index (χ0) is 22.6. The normalized spacial score (nSPS) is 23.0. The third-order valence-corrected chi connectivity index (χ3v) is 6.81. The monoisotopic (exact) mass is 438 g/mol. The molecule has 1 amide bonds. The summed E-state index contributed by atoms with van der Waals surface area (Å²) in [6.45, 7) is 6.21. The van der Waals surface area contributed by atoms with Crippen molar-refractivity contribution in [2.75, 3.05) is 51.8 Å². The van der Waals surface area contributed by atoms with Crippen LogP contribution in [0.1, 0.15) is 31.7 Å². The number of ether oxygens (including phenoxy) is 1. The average molecular weight is 439 g/mol. The highest BCUT2D eigenvalue weighted by atomic mass is 16.6. The van der Waals surface area contributed by atoms with Gasteiger partial charge in [-0.25, -0.2) is 0 Å². The van der Waals surface area contributed by atoms with Gasteiger partial charge in [-0.2, -0.15) is 0 Å². The number of rotatable bonds is 6. The van der Waals surface area contributed by atoms with Crippen molar-refractivity contribution in [3.63, 3.8) is 0 Å². The first kappa shape index (κ1) is 22.6. The third kappa shape index (κ3) is 4.59. The fourth-order valence-electron chi connectivity index (χ4n) is 4.99. The van der Waals surface area contributed by atoms with Crippen LogP contribution >= 0.6 is 0 Å². The lowest BCUT2D eigenvalue weighted by Gasteiger charge is -2.44. The summed E-state index contributed by atoms with van der Waals surface area (Å²) in [5, 5.41) is 10.0.